The highest BCUT2D eigenvalue weighted by atomic mass is 16.2. The van der Waals surface area contributed by atoms with Crippen molar-refractivity contribution in [2.24, 2.45) is 0 Å². The molecule has 22 heavy (non-hydrogen) atoms. The van der Waals surface area contributed by atoms with Crippen LogP contribution in [-0.2, 0) is 16.0 Å². The SMILES string of the molecule is O=C1C[C@H](N2CCc3ccccc32)C(=O)N1C1CCCCC1. The minimum Gasteiger partial charge on any atom is -0.359 e. The maximum absolute atomic E-state index is 12.9. The molecule has 0 unspecified atom stereocenters. The Morgan fingerprint density at radius 2 is 1.77 bits per heavy atom. The number of imide groups is 1. The van der Waals surface area contributed by atoms with Crippen molar-refractivity contribution in [2.75, 3.05) is 11.4 Å². The Balaban J connectivity index is 1.57. The summed E-state index contributed by atoms with van der Waals surface area (Å²) in [6, 6.07) is 8.11. The van der Waals surface area contributed by atoms with Crippen molar-refractivity contribution in [1.29, 1.82) is 0 Å². The fourth-order valence-electron chi connectivity index (χ4n) is 4.29. The van der Waals surface area contributed by atoms with Gasteiger partial charge in [0.15, 0.2) is 0 Å². The number of carbonyl (C=O) groups excluding carboxylic acids is 2. The van der Waals surface area contributed by atoms with E-state index in [9.17, 15) is 9.59 Å². The molecule has 4 heteroatoms. The van der Waals surface area contributed by atoms with E-state index in [0.717, 1.165) is 44.3 Å². The van der Waals surface area contributed by atoms with Crippen LogP contribution in [0.15, 0.2) is 24.3 Å². The van der Waals surface area contributed by atoms with Crippen molar-refractivity contribution < 1.29 is 9.59 Å². The smallest absolute Gasteiger partial charge is 0.252 e. The normalized spacial score (nSPS) is 25.9. The molecule has 1 aromatic rings. The lowest BCUT2D eigenvalue weighted by Crippen LogP contribution is -2.45. The lowest BCUT2D eigenvalue weighted by atomic mass is 9.94. The number of amides is 2. The molecule has 1 atom stereocenters. The Kier molecular flexibility index (Phi) is 3.40. The van der Waals surface area contributed by atoms with E-state index in [1.54, 1.807) is 4.90 Å². The predicted molar refractivity (Wildman–Crippen MR) is 84.6 cm³/mol. The maximum Gasteiger partial charge on any atom is 0.252 e. The van der Waals surface area contributed by atoms with Crippen LogP contribution in [-0.4, -0.2) is 35.3 Å². The topological polar surface area (TPSA) is 40.6 Å². The zero-order valence-electron chi connectivity index (χ0n) is 12.8. The number of benzene rings is 1. The van der Waals surface area contributed by atoms with E-state index < -0.39 is 0 Å². The molecule has 1 aromatic carbocycles. The predicted octanol–water partition coefficient (Wildman–Crippen LogP) is 2.51. The van der Waals surface area contributed by atoms with E-state index in [2.05, 4.69) is 17.0 Å². The first-order valence-corrected chi connectivity index (χ1v) is 8.46. The van der Waals surface area contributed by atoms with Crippen LogP contribution < -0.4 is 4.90 Å². The number of anilines is 1. The summed E-state index contributed by atoms with van der Waals surface area (Å²) in [5.74, 6) is 0.0693. The first-order valence-electron chi connectivity index (χ1n) is 8.46. The van der Waals surface area contributed by atoms with Crippen LogP contribution in [0.3, 0.4) is 0 Å². The average molecular weight is 298 g/mol. The van der Waals surface area contributed by atoms with Gasteiger partial charge >= 0.3 is 0 Å². The highest BCUT2D eigenvalue weighted by Crippen LogP contribution is 2.35. The summed E-state index contributed by atoms with van der Waals surface area (Å²) in [7, 11) is 0. The van der Waals surface area contributed by atoms with Gasteiger partial charge in [0.05, 0.1) is 6.42 Å². The van der Waals surface area contributed by atoms with Gasteiger partial charge in [-0.1, -0.05) is 37.5 Å². The molecule has 3 aliphatic rings. The largest absolute Gasteiger partial charge is 0.359 e. The number of rotatable bonds is 2. The zero-order chi connectivity index (χ0) is 15.1. The first-order chi connectivity index (χ1) is 10.8. The van der Waals surface area contributed by atoms with E-state index in [1.165, 1.54) is 12.0 Å². The van der Waals surface area contributed by atoms with Gasteiger partial charge in [-0.15, -0.1) is 0 Å². The number of hydrogen-bond acceptors (Lipinski definition) is 3. The second-order valence-electron chi connectivity index (χ2n) is 6.69. The van der Waals surface area contributed by atoms with Crippen molar-refractivity contribution in [2.45, 2.75) is 57.0 Å². The zero-order valence-corrected chi connectivity index (χ0v) is 12.8. The van der Waals surface area contributed by atoms with Crippen LogP contribution in [0.5, 0.6) is 0 Å². The summed E-state index contributed by atoms with van der Waals surface area (Å²) in [4.78, 5) is 29.1. The molecule has 0 spiro atoms. The van der Waals surface area contributed by atoms with Crippen molar-refractivity contribution in [3.05, 3.63) is 29.8 Å². The third-order valence-corrected chi connectivity index (χ3v) is 5.40. The minimum atomic E-state index is -0.280. The van der Waals surface area contributed by atoms with Gasteiger partial charge in [0.2, 0.25) is 5.91 Å². The highest BCUT2D eigenvalue weighted by molar-refractivity contribution is 6.07. The molecule has 1 aliphatic carbocycles. The van der Waals surface area contributed by atoms with Gasteiger partial charge in [-0.25, -0.2) is 0 Å². The highest BCUT2D eigenvalue weighted by Gasteiger charge is 2.46. The summed E-state index contributed by atoms with van der Waals surface area (Å²) in [6.45, 7) is 0.849. The Morgan fingerprint density at radius 1 is 1.00 bits per heavy atom. The van der Waals surface area contributed by atoms with Crippen molar-refractivity contribution in [3.63, 3.8) is 0 Å². The fourth-order valence-corrected chi connectivity index (χ4v) is 4.29. The summed E-state index contributed by atoms with van der Waals surface area (Å²) >= 11 is 0. The molecule has 2 fully saturated rings. The molecule has 0 bridgehead atoms. The molecule has 2 heterocycles. The maximum atomic E-state index is 12.9. The number of carbonyl (C=O) groups is 2. The monoisotopic (exact) mass is 298 g/mol. The van der Waals surface area contributed by atoms with Crippen LogP contribution in [0, 0.1) is 0 Å². The Labute approximate surface area is 131 Å². The fraction of sp³-hybridized carbons (Fsp3) is 0.556. The van der Waals surface area contributed by atoms with E-state index in [4.69, 9.17) is 0 Å². The summed E-state index contributed by atoms with van der Waals surface area (Å²) in [5.41, 5.74) is 2.43. The van der Waals surface area contributed by atoms with E-state index in [-0.39, 0.29) is 23.9 Å². The van der Waals surface area contributed by atoms with Gasteiger partial charge < -0.3 is 4.90 Å². The van der Waals surface area contributed by atoms with E-state index in [0.29, 0.717) is 6.42 Å². The molecule has 1 saturated carbocycles. The average Bonchev–Trinajstić information content (AvgIpc) is 3.09. The quantitative estimate of drug-likeness (QED) is 0.788. The van der Waals surface area contributed by atoms with E-state index >= 15 is 0 Å². The molecule has 2 aliphatic heterocycles. The third kappa shape index (κ3) is 2.13. The molecule has 4 nitrogen and oxygen atoms in total. The minimum absolute atomic E-state index is 0.0336. The second kappa shape index (κ2) is 5.41. The second-order valence-corrected chi connectivity index (χ2v) is 6.69. The van der Waals surface area contributed by atoms with E-state index in [1.807, 2.05) is 12.1 Å². The van der Waals surface area contributed by atoms with Crippen LogP contribution >= 0.6 is 0 Å². The molecule has 2 amide bonds. The van der Waals surface area contributed by atoms with Gasteiger partial charge in [0.1, 0.15) is 6.04 Å². The third-order valence-electron chi connectivity index (χ3n) is 5.40. The summed E-state index contributed by atoms with van der Waals surface area (Å²) in [5, 5.41) is 0. The molecule has 0 aromatic heterocycles. The van der Waals surface area contributed by atoms with Gasteiger partial charge in [-0.2, -0.15) is 0 Å². The van der Waals surface area contributed by atoms with Crippen molar-refractivity contribution in [1.82, 2.24) is 4.90 Å². The Morgan fingerprint density at radius 3 is 2.59 bits per heavy atom. The Bertz CT molecular complexity index is 607. The molecule has 116 valence electrons. The first kappa shape index (κ1) is 13.8. The van der Waals surface area contributed by atoms with Gasteiger partial charge in [0, 0.05) is 18.3 Å². The van der Waals surface area contributed by atoms with Crippen LogP contribution in [0.4, 0.5) is 5.69 Å². The molecular weight excluding hydrogens is 276 g/mol. The number of fused-ring (bicyclic) bond motifs is 1. The number of hydrogen-bond donors (Lipinski definition) is 0. The van der Waals surface area contributed by atoms with Crippen molar-refractivity contribution >= 4 is 17.5 Å². The van der Waals surface area contributed by atoms with Crippen LogP contribution in [0.25, 0.3) is 0 Å². The standard InChI is InChI=1S/C18H22N2O2/c21-17-12-16(18(22)20(17)14-7-2-1-3-8-14)19-11-10-13-6-4-5-9-15(13)19/h4-6,9,14,16H,1-3,7-8,10-12H2/t16-/m0/s1. The number of para-hydroxylation sites is 1. The van der Waals surface area contributed by atoms with Crippen LogP contribution in [0.2, 0.25) is 0 Å². The summed E-state index contributed by atoms with van der Waals surface area (Å²) < 4.78 is 0. The lowest BCUT2D eigenvalue weighted by molar-refractivity contribution is -0.142. The lowest BCUT2D eigenvalue weighted by Gasteiger charge is -2.31. The molecular formula is C18H22N2O2. The van der Waals surface area contributed by atoms with Crippen molar-refractivity contribution in [3.8, 4) is 0 Å². The number of likely N-dealkylation sites (tertiary alicyclic amines) is 1. The van der Waals surface area contributed by atoms with Crippen LogP contribution in [0.1, 0.15) is 44.1 Å². The van der Waals surface area contributed by atoms with Gasteiger partial charge in [-0.05, 0) is 30.9 Å². The number of nitrogens with zero attached hydrogens (tertiary/aromatic N) is 2. The molecule has 0 radical (unpaired) electrons. The molecule has 0 N–H and O–H groups in total. The molecule has 4 rings (SSSR count). The molecule has 1 saturated heterocycles. The Hall–Kier alpha value is -1.84. The summed E-state index contributed by atoms with van der Waals surface area (Å²) in [6.07, 6.45) is 6.80. The van der Waals surface area contributed by atoms with Gasteiger partial charge in [-0.3, -0.25) is 14.5 Å². The van der Waals surface area contributed by atoms with Gasteiger partial charge in [0.25, 0.3) is 5.91 Å².